The number of hydrogen-bond donors (Lipinski definition) is 1. The van der Waals surface area contributed by atoms with Gasteiger partial charge in [-0.15, -0.1) is 0 Å². The van der Waals surface area contributed by atoms with Gasteiger partial charge in [0.2, 0.25) is 5.88 Å². The molecule has 1 saturated carbocycles. The van der Waals surface area contributed by atoms with Gasteiger partial charge in [-0.3, -0.25) is 9.78 Å². The van der Waals surface area contributed by atoms with Gasteiger partial charge in [-0.2, -0.15) is 0 Å². The van der Waals surface area contributed by atoms with E-state index >= 15 is 0 Å². The molecular formula is C22H19N5O2S. The summed E-state index contributed by atoms with van der Waals surface area (Å²) in [4.78, 5) is 29.0. The number of carbonyl (C=O) groups is 1. The number of benzene rings is 1. The number of Topliss-reactive ketones (excluding diaryl/α,β-unsaturated/α-hetero) is 1. The van der Waals surface area contributed by atoms with Crippen molar-refractivity contribution in [2.24, 2.45) is 0 Å². The van der Waals surface area contributed by atoms with Crippen LogP contribution in [-0.4, -0.2) is 37.9 Å². The molecule has 0 bridgehead atoms. The van der Waals surface area contributed by atoms with E-state index in [1.807, 2.05) is 24.3 Å². The normalized spacial score (nSPS) is 18.0. The Morgan fingerprint density at radius 3 is 2.70 bits per heavy atom. The van der Waals surface area contributed by atoms with Gasteiger partial charge in [0.1, 0.15) is 17.5 Å². The van der Waals surface area contributed by atoms with Gasteiger partial charge in [-0.05, 0) is 24.3 Å². The largest absolute Gasteiger partial charge is 0.473 e. The maximum Gasteiger partial charge on any atom is 0.240 e. The molecule has 0 unspecified atom stereocenters. The summed E-state index contributed by atoms with van der Waals surface area (Å²) in [5, 5.41) is 4.44. The van der Waals surface area contributed by atoms with Crippen molar-refractivity contribution in [3.63, 3.8) is 0 Å². The second-order valence-corrected chi connectivity index (χ2v) is 8.27. The molecule has 7 nitrogen and oxygen atoms in total. The minimum atomic E-state index is -0.0710. The number of pyridine rings is 1. The fourth-order valence-corrected chi connectivity index (χ4v) is 4.34. The monoisotopic (exact) mass is 417 g/mol. The molecule has 1 N–H and O–H groups in total. The number of thiazole rings is 1. The number of ether oxygens (including phenoxy) is 1. The number of hydrogen-bond acceptors (Lipinski definition) is 8. The molecule has 0 radical (unpaired) electrons. The Hall–Kier alpha value is -3.39. The molecule has 1 aliphatic carbocycles. The lowest BCUT2D eigenvalue weighted by atomic mass is 9.89. The molecule has 8 heteroatoms. The highest BCUT2D eigenvalue weighted by Crippen LogP contribution is 2.33. The summed E-state index contributed by atoms with van der Waals surface area (Å²) in [6.07, 6.45) is 6.68. The van der Waals surface area contributed by atoms with Crippen LogP contribution in [0.15, 0.2) is 55.0 Å². The predicted octanol–water partition coefficient (Wildman–Crippen LogP) is 4.37. The third-order valence-electron chi connectivity index (χ3n) is 5.06. The van der Waals surface area contributed by atoms with E-state index in [9.17, 15) is 4.79 Å². The standard InChI is InChI=1S/C22H19N5O2S/c1-13(28)17-7-6-14(12-25-17)20-21(24-9-8-23-20)29-16-10-15(11-16)26-22-27-18-4-2-3-5-19(18)30-22/h2-9,12,15-16H,10-11H2,1H3,(H,26,27). The number of anilines is 1. The SMILES string of the molecule is CC(=O)c1ccc(-c2nccnc2OC2CC(Nc3nc4ccccc4s3)C2)cn1. The molecule has 5 rings (SSSR count). The topological polar surface area (TPSA) is 89.9 Å². The number of ketones is 1. The molecule has 0 atom stereocenters. The molecule has 1 fully saturated rings. The average molecular weight is 417 g/mol. The Morgan fingerprint density at radius 1 is 1.10 bits per heavy atom. The Morgan fingerprint density at radius 2 is 1.93 bits per heavy atom. The van der Waals surface area contributed by atoms with Crippen molar-refractivity contribution in [1.29, 1.82) is 0 Å². The smallest absolute Gasteiger partial charge is 0.240 e. The van der Waals surface area contributed by atoms with Crippen LogP contribution in [0.3, 0.4) is 0 Å². The second kappa shape index (κ2) is 7.79. The zero-order valence-electron chi connectivity index (χ0n) is 16.3. The fourth-order valence-electron chi connectivity index (χ4n) is 3.40. The van der Waals surface area contributed by atoms with Crippen molar-refractivity contribution in [3.8, 4) is 17.1 Å². The number of nitrogens with zero attached hydrogens (tertiary/aromatic N) is 4. The van der Waals surface area contributed by atoms with E-state index in [4.69, 9.17) is 4.74 Å². The Bertz CT molecular complexity index is 1170. The average Bonchev–Trinajstić information content (AvgIpc) is 3.15. The maximum atomic E-state index is 11.4. The molecule has 4 aromatic rings. The Balaban J connectivity index is 1.24. The summed E-state index contributed by atoms with van der Waals surface area (Å²) >= 11 is 1.67. The van der Waals surface area contributed by atoms with Crippen molar-refractivity contribution in [2.45, 2.75) is 31.9 Å². The zero-order chi connectivity index (χ0) is 20.5. The van der Waals surface area contributed by atoms with Crippen LogP contribution in [0.1, 0.15) is 30.3 Å². The van der Waals surface area contributed by atoms with Gasteiger partial charge in [0, 0.05) is 50.0 Å². The lowest BCUT2D eigenvalue weighted by Crippen LogP contribution is -2.42. The number of fused-ring (bicyclic) bond motifs is 1. The van der Waals surface area contributed by atoms with Gasteiger partial charge in [0.15, 0.2) is 10.9 Å². The van der Waals surface area contributed by atoms with Crippen LogP contribution in [0.4, 0.5) is 5.13 Å². The fraction of sp³-hybridized carbons (Fsp3) is 0.227. The number of carbonyl (C=O) groups excluding carboxylic acids is 1. The van der Waals surface area contributed by atoms with Crippen LogP contribution in [0.2, 0.25) is 0 Å². The minimum absolute atomic E-state index is 0.0665. The van der Waals surface area contributed by atoms with Crippen LogP contribution in [0, 0.1) is 0 Å². The third-order valence-corrected chi connectivity index (χ3v) is 6.02. The van der Waals surface area contributed by atoms with Gasteiger partial charge in [-0.1, -0.05) is 23.5 Å². The quantitative estimate of drug-likeness (QED) is 0.466. The van der Waals surface area contributed by atoms with Crippen LogP contribution in [0.25, 0.3) is 21.5 Å². The van der Waals surface area contributed by atoms with Crippen molar-refractivity contribution in [3.05, 3.63) is 60.7 Å². The number of rotatable bonds is 6. The summed E-state index contributed by atoms with van der Waals surface area (Å²) in [5.41, 5.74) is 2.84. The molecule has 0 saturated heterocycles. The molecule has 30 heavy (non-hydrogen) atoms. The Labute approximate surface area is 177 Å². The molecule has 0 aliphatic heterocycles. The molecule has 3 aromatic heterocycles. The predicted molar refractivity (Wildman–Crippen MR) is 116 cm³/mol. The van der Waals surface area contributed by atoms with Crippen molar-refractivity contribution in [2.75, 3.05) is 5.32 Å². The van der Waals surface area contributed by atoms with E-state index < -0.39 is 0 Å². The number of nitrogens with one attached hydrogen (secondary N) is 1. The second-order valence-electron chi connectivity index (χ2n) is 7.24. The molecule has 1 aromatic carbocycles. The molecular weight excluding hydrogens is 398 g/mol. The van der Waals surface area contributed by atoms with Gasteiger partial charge >= 0.3 is 0 Å². The number of aromatic nitrogens is 4. The van der Waals surface area contributed by atoms with Crippen molar-refractivity contribution in [1.82, 2.24) is 19.9 Å². The van der Waals surface area contributed by atoms with E-state index in [2.05, 4.69) is 31.3 Å². The zero-order valence-corrected chi connectivity index (χ0v) is 17.1. The molecule has 0 spiro atoms. The summed E-state index contributed by atoms with van der Waals surface area (Å²) in [5.74, 6) is 0.414. The van der Waals surface area contributed by atoms with Crippen LogP contribution >= 0.6 is 11.3 Å². The van der Waals surface area contributed by atoms with Crippen molar-refractivity contribution < 1.29 is 9.53 Å². The third kappa shape index (κ3) is 3.73. The molecule has 1 aliphatic rings. The molecule has 3 heterocycles. The van der Waals surface area contributed by atoms with E-state index in [1.165, 1.54) is 11.6 Å². The van der Waals surface area contributed by atoms with E-state index in [0.717, 1.165) is 29.1 Å². The summed E-state index contributed by atoms with van der Waals surface area (Å²) in [7, 11) is 0. The van der Waals surface area contributed by atoms with Gasteiger partial charge < -0.3 is 10.1 Å². The first kappa shape index (κ1) is 18.6. The highest BCUT2D eigenvalue weighted by atomic mass is 32.1. The van der Waals surface area contributed by atoms with Crippen LogP contribution in [0.5, 0.6) is 5.88 Å². The minimum Gasteiger partial charge on any atom is -0.473 e. The first-order valence-corrected chi connectivity index (χ1v) is 10.5. The lowest BCUT2D eigenvalue weighted by Gasteiger charge is -2.35. The van der Waals surface area contributed by atoms with Crippen molar-refractivity contribution >= 4 is 32.5 Å². The highest BCUT2D eigenvalue weighted by Gasteiger charge is 2.32. The summed E-state index contributed by atoms with van der Waals surface area (Å²) < 4.78 is 7.30. The molecule has 150 valence electrons. The van der Waals surface area contributed by atoms with Crippen LogP contribution in [-0.2, 0) is 0 Å². The van der Waals surface area contributed by atoms with Gasteiger partial charge in [0.05, 0.1) is 10.2 Å². The van der Waals surface area contributed by atoms with Gasteiger partial charge in [0.25, 0.3) is 0 Å². The highest BCUT2D eigenvalue weighted by molar-refractivity contribution is 7.22. The number of para-hydroxylation sites is 1. The van der Waals surface area contributed by atoms with E-state index in [-0.39, 0.29) is 11.9 Å². The van der Waals surface area contributed by atoms with Crippen LogP contribution < -0.4 is 10.1 Å². The van der Waals surface area contributed by atoms with E-state index in [1.54, 1.807) is 36.0 Å². The maximum absolute atomic E-state index is 11.4. The Kier molecular flexibility index (Phi) is 4.84. The first-order valence-electron chi connectivity index (χ1n) is 9.73. The summed E-state index contributed by atoms with van der Waals surface area (Å²) in [6, 6.07) is 12.0. The first-order chi connectivity index (χ1) is 14.7. The molecule has 0 amide bonds. The lowest BCUT2D eigenvalue weighted by molar-refractivity contribution is 0.101. The van der Waals surface area contributed by atoms with E-state index in [0.29, 0.717) is 23.3 Å². The summed E-state index contributed by atoms with van der Waals surface area (Å²) in [6.45, 7) is 1.49. The van der Waals surface area contributed by atoms with Gasteiger partial charge in [-0.25, -0.2) is 15.0 Å².